The molecule has 0 spiro atoms. The van der Waals surface area contributed by atoms with Crippen molar-refractivity contribution in [2.75, 3.05) is 23.3 Å². The van der Waals surface area contributed by atoms with E-state index in [4.69, 9.17) is 0 Å². The highest BCUT2D eigenvalue weighted by Crippen LogP contribution is 2.27. The van der Waals surface area contributed by atoms with Crippen molar-refractivity contribution in [1.29, 1.82) is 0 Å². The van der Waals surface area contributed by atoms with Crippen molar-refractivity contribution in [3.8, 4) is 0 Å². The van der Waals surface area contributed by atoms with E-state index in [1.807, 2.05) is 51.1 Å². The van der Waals surface area contributed by atoms with E-state index >= 15 is 0 Å². The summed E-state index contributed by atoms with van der Waals surface area (Å²) in [6, 6.07) is 13.9. The number of carbonyl (C=O) groups is 3. The number of urea groups is 1. The van der Waals surface area contributed by atoms with Crippen LogP contribution in [-0.2, 0) is 0 Å². The van der Waals surface area contributed by atoms with Crippen molar-refractivity contribution in [2.45, 2.75) is 20.8 Å². The molecular weight excluding hydrogens is 342 g/mol. The van der Waals surface area contributed by atoms with Crippen LogP contribution in [0.1, 0.15) is 41.5 Å². The van der Waals surface area contributed by atoms with E-state index in [1.165, 1.54) is 4.90 Å². The summed E-state index contributed by atoms with van der Waals surface area (Å²) < 4.78 is 0. The number of nitrogens with one attached hydrogen (secondary N) is 1. The van der Waals surface area contributed by atoms with Crippen LogP contribution in [0.5, 0.6) is 0 Å². The molecule has 3 rings (SSSR count). The maximum absolute atomic E-state index is 12.7. The number of hydrogen-bond donors (Lipinski definition) is 1. The average Bonchev–Trinajstić information content (AvgIpc) is 2.87. The van der Waals surface area contributed by atoms with E-state index in [2.05, 4.69) is 5.32 Å². The lowest BCUT2D eigenvalue weighted by Gasteiger charge is -2.21. The minimum atomic E-state index is -0.310. The Morgan fingerprint density at radius 3 is 2.33 bits per heavy atom. The first-order valence-electron chi connectivity index (χ1n) is 9.06. The molecule has 4 amide bonds. The lowest BCUT2D eigenvalue weighted by Crippen LogP contribution is -2.34. The lowest BCUT2D eigenvalue weighted by atomic mass is 10.1. The van der Waals surface area contributed by atoms with Crippen LogP contribution in [-0.4, -0.2) is 35.8 Å². The second-order valence-corrected chi connectivity index (χ2v) is 6.89. The summed E-state index contributed by atoms with van der Waals surface area (Å²) in [5.74, 6) is -0.397. The minimum absolute atomic E-state index is 0.190. The molecule has 6 nitrogen and oxygen atoms in total. The van der Waals surface area contributed by atoms with Crippen LogP contribution < -0.4 is 10.2 Å². The molecule has 2 aromatic carbocycles. The van der Waals surface area contributed by atoms with Gasteiger partial charge in [-0.15, -0.1) is 0 Å². The molecule has 6 heteroatoms. The Balaban J connectivity index is 1.81. The predicted octanol–water partition coefficient (Wildman–Crippen LogP) is 4.00. The SMILES string of the molecule is CCN(C(=O)Nc1ccc2c(c1)C(=O)N(CC(C)C)C2=O)c1ccccc1. The van der Waals surface area contributed by atoms with Gasteiger partial charge in [-0.2, -0.15) is 0 Å². The summed E-state index contributed by atoms with van der Waals surface area (Å²) >= 11 is 0. The zero-order valence-corrected chi connectivity index (χ0v) is 15.7. The van der Waals surface area contributed by atoms with Gasteiger partial charge in [0.15, 0.2) is 0 Å². The number of benzene rings is 2. The number of nitrogens with zero attached hydrogens (tertiary/aromatic N) is 2. The van der Waals surface area contributed by atoms with Crippen LogP contribution in [0.2, 0.25) is 0 Å². The zero-order chi connectivity index (χ0) is 19.6. The molecule has 1 aliphatic rings. The van der Waals surface area contributed by atoms with E-state index in [0.717, 1.165) is 5.69 Å². The van der Waals surface area contributed by atoms with Gasteiger partial charge in [-0.05, 0) is 43.2 Å². The van der Waals surface area contributed by atoms with Crippen LogP contribution in [0.15, 0.2) is 48.5 Å². The Kier molecular flexibility index (Phi) is 5.26. The first kappa shape index (κ1) is 18.6. The monoisotopic (exact) mass is 365 g/mol. The number of rotatable bonds is 5. The maximum atomic E-state index is 12.7. The van der Waals surface area contributed by atoms with Crippen LogP contribution in [0.4, 0.5) is 16.2 Å². The number of carbonyl (C=O) groups excluding carboxylic acids is 3. The fourth-order valence-corrected chi connectivity index (χ4v) is 3.14. The van der Waals surface area contributed by atoms with E-state index in [-0.39, 0.29) is 23.8 Å². The number of para-hydroxylation sites is 1. The van der Waals surface area contributed by atoms with Crippen molar-refractivity contribution in [3.63, 3.8) is 0 Å². The van der Waals surface area contributed by atoms with Gasteiger partial charge in [0, 0.05) is 24.5 Å². The Labute approximate surface area is 158 Å². The third-order valence-corrected chi connectivity index (χ3v) is 4.40. The molecule has 0 bridgehead atoms. The quantitative estimate of drug-likeness (QED) is 0.814. The highest BCUT2D eigenvalue weighted by molar-refractivity contribution is 6.22. The molecule has 1 heterocycles. The molecule has 0 unspecified atom stereocenters. The molecule has 0 atom stereocenters. The second kappa shape index (κ2) is 7.61. The predicted molar refractivity (Wildman–Crippen MR) is 105 cm³/mol. The summed E-state index contributed by atoms with van der Waals surface area (Å²) in [6.45, 7) is 6.68. The molecular formula is C21H23N3O3. The number of amides is 4. The largest absolute Gasteiger partial charge is 0.326 e. The highest BCUT2D eigenvalue weighted by Gasteiger charge is 2.35. The standard InChI is InChI=1S/C21H23N3O3/c1-4-23(16-8-6-5-7-9-16)21(27)22-15-10-11-17-18(12-15)20(26)24(19(17)25)13-14(2)3/h5-12,14H,4,13H2,1-3H3,(H,22,27). The van der Waals surface area contributed by atoms with Crippen LogP contribution in [0, 0.1) is 5.92 Å². The Bertz CT molecular complexity index is 877. The fourth-order valence-electron chi connectivity index (χ4n) is 3.14. The van der Waals surface area contributed by atoms with Crippen molar-refractivity contribution in [3.05, 3.63) is 59.7 Å². The van der Waals surface area contributed by atoms with Crippen LogP contribution >= 0.6 is 0 Å². The third-order valence-electron chi connectivity index (χ3n) is 4.40. The Morgan fingerprint density at radius 1 is 1.04 bits per heavy atom. The lowest BCUT2D eigenvalue weighted by molar-refractivity contribution is 0.0636. The molecule has 1 N–H and O–H groups in total. The molecule has 1 aliphatic heterocycles. The molecule has 2 aromatic rings. The number of fused-ring (bicyclic) bond motifs is 1. The Morgan fingerprint density at radius 2 is 1.70 bits per heavy atom. The number of imide groups is 1. The normalized spacial score (nSPS) is 13.1. The first-order valence-corrected chi connectivity index (χ1v) is 9.06. The number of hydrogen-bond acceptors (Lipinski definition) is 3. The van der Waals surface area contributed by atoms with E-state index in [9.17, 15) is 14.4 Å². The molecule has 0 saturated heterocycles. The van der Waals surface area contributed by atoms with Gasteiger partial charge < -0.3 is 5.32 Å². The minimum Gasteiger partial charge on any atom is -0.308 e. The number of anilines is 2. The van der Waals surface area contributed by atoms with Gasteiger partial charge in [0.1, 0.15) is 0 Å². The second-order valence-electron chi connectivity index (χ2n) is 6.89. The molecule has 0 aromatic heterocycles. The van der Waals surface area contributed by atoms with Crippen molar-refractivity contribution in [2.24, 2.45) is 5.92 Å². The summed E-state index contributed by atoms with van der Waals surface area (Å²) in [4.78, 5) is 40.5. The topological polar surface area (TPSA) is 69.7 Å². The van der Waals surface area contributed by atoms with E-state index in [1.54, 1.807) is 23.1 Å². The van der Waals surface area contributed by atoms with Crippen molar-refractivity contribution >= 4 is 29.2 Å². The summed E-state index contributed by atoms with van der Waals surface area (Å²) in [5.41, 5.74) is 1.99. The third kappa shape index (κ3) is 3.69. The Hall–Kier alpha value is -3.15. The van der Waals surface area contributed by atoms with Gasteiger partial charge in [0.25, 0.3) is 11.8 Å². The molecule has 0 radical (unpaired) electrons. The fraction of sp³-hybridized carbons (Fsp3) is 0.286. The van der Waals surface area contributed by atoms with Crippen LogP contribution in [0.3, 0.4) is 0 Å². The van der Waals surface area contributed by atoms with Gasteiger partial charge in [-0.25, -0.2) is 4.79 Å². The van der Waals surface area contributed by atoms with E-state index in [0.29, 0.717) is 29.9 Å². The molecule has 0 fully saturated rings. The van der Waals surface area contributed by atoms with Gasteiger partial charge in [-0.1, -0.05) is 32.0 Å². The average molecular weight is 365 g/mol. The van der Waals surface area contributed by atoms with Crippen molar-refractivity contribution < 1.29 is 14.4 Å². The van der Waals surface area contributed by atoms with Gasteiger partial charge in [0.05, 0.1) is 11.1 Å². The van der Waals surface area contributed by atoms with Gasteiger partial charge >= 0.3 is 6.03 Å². The smallest absolute Gasteiger partial charge is 0.308 e. The van der Waals surface area contributed by atoms with Crippen LogP contribution in [0.25, 0.3) is 0 Å². The van der Waals surface area contributed by atoms with Gasteiger partial charge in [-0.3, -0.25) is 19.4 Å². The summed E-state index contributed by atoms with van der Waals surface area (Å²) in [6.07, 6.45) is 0. The molecule has 27 heavy (non-hydrogen) atoms. The maximum Gasteiger partial charge on any atom is 0.326 e. The summed E-state index contributed by atoms with van der Waals surface area (Å²) in [7, 11) is 0. The molecule has 0 aliphatic carbocycles. The zero-order valence-electron chi connectivity index (χ0n) is 15.7. The van der Waals surface area contributed by atoms with Gasteiger partial charge in [0.2, 0.25) is 0 Å². The molecule has 140 valence electrons. The van der Waals surface area contributed by atoms with Crippen molar-refractivity contribution in [1.82, 2.24) is 4.90 Å². The first-order chi connectivity index (χ1) is 12.9. The molecule has 0 saturated carbocycles. The summed E-state index contributed by atoms with van der Waals surface area (Å²) in [5, 5.41) is 2.82. The van der Waals surface area contributed by atoms with E-state index < -0.39 is 0 Å². The highest BCUT2D eigenvalue weighted by atomic mass is 16.2.